The van der Waals surface area contributed by atoms with Crippen LogP contribution in [0.25, 0.3) is 0 Å². The molecule has 1 rings (SSSR count). The lowest BCUT2D eigenvalue weighted by molar-refractivity contribution is -0.140. The number of benzene rings is 1. The van der Waals surface area contributed by atoms with Crippen molar-refractivity contribution < 1.29 is 19.1 Å². The topological polar surface area (TPSA) is 52.6 Å². The molecule has 1 aromatic rings. The Balaban J connectivity index is 2.71. The lowest BCUT2D eigenvalue weighted by Crippen LogP contribution is -2.16. The second-order valence-corrected chi connectivity index (χ2v) is 5.20. The van der Waals surface area contributed by atoms with Crippen LogP contribution in [0, 0.1) is 6.92 Å². The molecule has 0 bridgehead atoms. The smallest absolute Gasteiger partial charge is 0.338 e. The summed E-state index contributed by atoms with van der Waals surface area (Å²) in [5, 5.41) is 0. The molecule has 0 saturated carbocycles. The molecule has 0 saturated heterocycles. The van der Waals surface area contributed by atoms with Gasteiger partial charge in [-0.1, -0.05) is 26.5 Å². The SMILES string of the molecule is C=C(C)C(=O)OCCOC(=O)c1cc(CC)cc(C)c1CC. The highest BCUT2D eigenvalue weighted by atomic mass is 16.6. The Morgan fingerprint density at radius 1 is 1.09 bits per heavy atom. The van der Waals surface area contributed by atoms with Gasteiger partial charge in [0.1, 0.15) is 13.2 Å². The monoisotopic (exact) mass is 304 g/mol. The Morgan fingerprint density at radius 2 is 1.73 bits per heavy atom. The predicted molar refractivity (Wildman–Crippen MR) is 86.0 cm³/mol. The first-order valence-corrected chi connectivity index (χ1v) is 7.52. The number of carbonyl (C=O) groups excluding carboxylic acids is 2. The van der Waals surface area contributed by atoms with Crippen molar-refractivity contribution in [1.82, 2.24) is 0 Å². The number of carbonyl (C=O) groups is 2. The summed E-state index contributed by atoms with van der Waals surface area (Å²) in [6, 6.07) is 3.98. The van der Waals surface area contributed by atoms with Gasteiger partial charge in [-0.05, 0) is 49.4 Å². The zero-order chi connectivity index (χ0) is 16.7. The number of esters is 2. The molecule has 1 aromatic carbocycles. The summed E-state index contributed by atoms with van der Waals surface area (Å²) >= 11 is 0. The first kappa shape index (κ1) is 18.0. The molecule has 0 aliphatic heterocycles. The van der Waals surface area contributed by atoms with Crippen molar-refractivity contribution in [3.63, 3.8) is 0 Å². The highest BCUT2D eigenvalue weighted by Gasteiger charge is 2.15. The molecule has 0 aliphatic carbocycles. The molecule has 0 aliphatic rings. The normalized spacial score (nSPS) is 10.2. The van der Waals surface area contributed by atoms with Crippen LogP contribution in [-0.4, -0.2) is 25.2 Å². The van der Waals surface area contributed by atoms with E-state index in [1.807, 2.05) is 26.8 Å². The van der Waals surface area contributed by atoms with Gasteiger partial charge in [-0.25, -0.2) is 9.59 Å². The van der Waals surface area contributed by atoms with E-state index in [1.165, 1.54) is 0 Å². The van der Waals surface area contributed by atoms with E-state index < -0.39 is 5.97 Å². The van der Waals surface area contributed by atoms with Gasteiger partial charge in [-0.3, -0.25) is 0 Å². The highest BCUT2D eigenvalue weighted by Crippen LogP contribution is 2.19. The summed E-state index contributed by atoms with van der Waals surface area (Å²) in [7, 11) is 0. The van der Waals surface area contributed by atoms with Gasteiger partial charge >= 0.3 is 11.9 Å². The average molecular weight is 304 g/mol. The van der Waals surface area contributed by atoms with Crippen molar-refractivity contribution >= 4 is 11.9 Å². The molecule has 0 fully saturated rings. The van der Waals surface area contributed by atoms with Crippen molar-refractivity contribution in [3.8, 4) is 0 Å². The van der Waals surface area contributed by atoms with E-state index in [2.05, 4.69) is 12.6 Å². The Bertz CT molecular complexity index is 573. The number of hydrogen-bond acceptors (Lipinski definition) is 4. The second kappa shape index (κ2) is 8.37. The third-order valence-electron chi connectivity index (χ3n) is 3.41. The summed E-state index contributed by atoms with van der Waals surface area (Å²) in [6.07, 6.45) is 1.63. The maximum absolute atomic E-state index is 12.2. The van der Waals surface area contributed by atoms with Gasteiger partial charge in [0, 0.05) is 5.57 Å². The van der Waals surface area contributed by atoms with Gasteiger partial charge in [-0.15, -0.1) is 0 Å². The van der Waals surface area contributed by atoms with E-state index in [1.54, 1.807) is 6.92 Å². The fraction of sp³-hybridized carbons (Fsp3) is 0.444. The molecule has 4 nitrogen and oxygen atoms in total. The number of aryl methyl sites for hydroxylation is 2. The Hall–Kier alpha value is -2.10. The van der Waals surface area contributed by atoms with E-state index in [-0.39, 0.29) is 19.2 Å². The van der Waals surface area contributed by atoms with E-state index in [4.69, 9.17) is 9.47 Å². The molecule has 0 spiro atoms. The van der Waals surface area contributed by atoms with Gasteiger partial charge in [0.25, 0.3) is 0 Å². The van der Waals surface area contributed by atoms with Crippen LogP contribution in [0.3, 0.4) is 0 Å². The minimum absolute atomic E-state index is 0.0331. The van der Waals surface area contributed by atoms with Gasteiger partial charge in [0.15, 0.2) is 0 Å². The van der Waals surface area contributed by atoms with Gasteiger partial charge in [0.2, 0.25) is 0 Å². The van der Waals surface area contributed by atoms with Gasteiger partial charge < -0.3 is 9.47 Å². The highest BCUT2D eigenvalue weighted by molar-refractivity contribution is 5.92. The second-order valence-electron chi connectivity index (χ2n) is 5.20. The first-order chi connectivity index (χ1) is 10.4. The Labute approximate surface area is 132 Å². The van der Waals surface area contributed by atoms with Crippen LogP contribution in [-0.2, 0) is 27.1 Å². The molecule has 0 N–H and O–H groups in total. The zero-order valence-electron chi connectivity index (χ0n) is 13.8. The number of ether oxygens (including phenoxy) is 2. The maximum atomic E-state index is 12.2. The third-order valence-corrected chi connectivity index (χ3v) is 3.41. The van der Waals surface area contributed by atoms with Crippen LogP contribution in [0.2, 0.25) is 0 Å². The van der Waals surface area contributed by atoms with Crippen LogP contribution < -0.4 is 0 Å². The van der Waals surface area contributed by atoms with Crippen molar-refractivity contribution in [2.45, 2.75) is 40.5 Å². The molecule has 120 valence electrons. The molecule has 0 radical (unpaired) electrons. The predicted octanol–water partition coefficient (Wildman–Crippen LogP) is 3.40. The largest absolute Gasteiger partial charge is 0.459 e. The fourth-order valence-corrected chi connectivity index (χ4v) is 2.22. The summed E-state index contributed by atoms with van der Waals surface area (Å²) in [5.41, 5.74) is 4.13. The summed E-state index contributed by atoms with van der Waals surface area (Å²) in [5.74, 6) is -0.851. The van der Waals surface area contributed by atoms with E-state index in [9.17, 15) is 9.59 Å². The number of hydrogen-bond donors (Lipinski definition) is 0. The standard InChI is InChI=1S/C18H24O4/c1-6-14-10-13(5)15(7-2)16(11-14)18(20)22-9-8-21-17(19)12(3)4/h10-11H,3,6-9H2,1-2,4-5H3. The molecular weight excluding hydrogens is 280 g/mol. The minimum Gasteiger partial charge on any atom is -0.459 e. The third kappa shape index (κ3) is 4.72. The molecule has 4 heteroatoms. The molecule has 0 atom stereocenters. The van der Waals surface area contributed by atoms with Crippen LogP contribution in [0.4, 0.5) is 0 Å². The molecule has 0 aromatic heterocycles. The van der Waals surface area contributed by atoms with E-state index >= 15 is 0 Å². The first-order valence-electron chi connectivity index (χ1n) is 7.52. The lowest BCUT2D eigenvalue weighted by atomic mass is 9.95. The molecular formula is C18H24O4. The van der Waals surface area contributed by atoms with Crippen molar-refractivity contribution in [3.05, 3.63) is 46.5 Å². The van der Waals surface area contributed by atoms with Gasteiger partial charge in [-0.2, -0.15) is 0 Å². The molecule has 0 amide bonds. The van der Waals surface area contributed by atoms with Crippen LogP contribution in [0.15, 0.2) is 24.3 Å². The summed E-state index contributed by atoms with van der Waals surface area (Å²) in [4.78, 5) is 23.5. The summed E-state index contributed by atoms with van der Waals surface area (Å²) < 4.78 is 10.1. The molecule has 0 unspecified atom stereocenters. The quantitative estimate of drug-likeness (QED) is 0.440. The number of rotatable bonds is 7. The van der Waals surface area contributed by atoms with Crippen LogP contribution in [0.1, 0.15) is 47.8 Å². The van der Waals surface area contributed by atoms with E-state index in [0.717, 1.165) is 29.5 Å². The average Bonchev–Trinajstić information content (AvgIpc) is 2.49. The van der Waals surface area contributed by atoms with Crippen molar-refractivity contribution in [2.24, 2.45) is 0 Å². The Kier molecular flexibility index (Phi) is 6.83. The zero-order valence-corrected chi connectivity index (χ0v) is 13.8. The summed E-state index contributed by atoms with van der Waals surface area (Å²) in [6.45, 7) is 11.2. The van der Waals surface area contributed by atoms with Crippen molar-refractivity contribution in [1.29, 1.82) is 0 Å². The Morgan fingerprint density at radius 3 is 2.27 bits per heavy atom. The lowest BCUT2D eigenvalue weighted by Gasteiger charge is -2.13. The fourth-order valence-electron chi connectivity index (χ4n) is 2.22. The van der Waals surface area contributed by atoms with Gasteiger partial charge in [0.05, 0.1) is 5.56 Å². The molecule has 22 heavy (non-hydrogen) atoms. The minimum atomic E-state index is -0.478. The maximum Gasteiger partial charge on any atom is 0.338 e. The van der Waals surface area contributed by atoms with Crippen LogP contribution in [0.5, 0.6) is 0 Å². The van der Waals surface area contributed by atoms with Crippen molar-refractivity contribution in [2.75, 3.05) is 13.2 Å². The van der Waals surface area contributed by atoms with Crippen LogP contribution >= 0.6 is 0 Å². The molecule has 0 heterocycles. The van der Waals surface area contributed by atoms with E-state index in [0.29, 0.717) is 11.1 Å².